The van der Waals surface area contributed by atoms with Crippen molar-refractivity contribution in [2.45, 2.75) is 51.4 Å². The molecule has 1 aliphatic carbocycles. The van der Waals surface area contributed by atoms with Crippen LogP contribution in [0.5, 0.6) is 0 Å². The second kappa shape index (κ2) is 9.03. The van der Waals surface area contributed by atoms with E-state index in [1.165, 1.54) is 62.0 Å². The molecule has 0 radical (unpaired) electrons. The van der Waals surface area contributed by atoms with E-state index in [1.807, 2.05) is 12.1 Å². The van der Waals surface area contributed by atoms with Crippen LogP contribution in [0.1, 0.15) is 56.9 Å². The molecule has 0 aromatic heterocycles. The van der Waals surface area contributed by atoms with E-state index in [4.69, 9.17) is 14.7 Å². The topological polar surface area (TPSA) is 12.5 Å². The minimum absolute atomic E-state index is 0.137. The Bertz CT molecular complexity index is 752. The molecule has 26 heavy (non-hydrogen) atoms. The Balaban J connectivity index is 1.27. The number of nitrogens with zero attached hydrogens (tertiary/aromatic N) is 1. The van der Waals surface area contributed by atoms with Crippen LogP contribution < -0.4 is 0 Å². The first-order chi connectivity index (χ1) is 12.8. The summed E-state index contributed by atoms with van der Waals surface area (Å²) in [7, 11) is 0. The lowest BCUT2D eigenvalue weighted by Crippen LogP contribution is -2.29. The number of halogens is 2. The van der Waals surface area contributed by atoms with E-state index in [2.05, 4.69) is 23.1 Å². The summed E-state index contributed by atoms with van der Waals surface area (Å²) in [5, 5.41) is 0.828. The van der Waals surface area contributed by atoms with E-state index in [0.717, 1.165) is 31.0 Å². The summed E-state index contributed by atoms with van der Waals surface area (Å²) in [6, 6.07) is 8.24. The van der Waals surface area contributed by atoms with Crippen molar-refractivity contribution >= 4 is 41.8 Å². The normalized spacial score (nSPS) is 21.3. The largest absolute Gasteiger partial charge is 0.440 e. The monoisotopic (exact) mass is 483 g/mol. The standard InChI is InChI=1S/C22H27ClINO/c23-19-7-4-6-18(16-19)17-11-14-25(15-12-17)13-5-10-22-20-8-2-1-3-9-21(20)24-26-22/h4,6-7,11,16H,1-3,5,8-10,12-15H2. The summed E-state index contributed by atoms with van der Waals surface area (Å²) in [5.41, 5.74) is 4.36. The Labute approximate surface area is 172 Å². The molecule has 0 N–H and O–H groups in total. The molecule has 0 bridgehead atoms. The maximum absolute atomic E-state index is 6.14. The van der Waals surface area contributed by atoms with Gasteiger partial charge in [-0.15, -0.1) is 0 Å². The van der Waals surface area contributed by atoms with Gasteiger partial charge in [0, 0.05) is 33.6 Å². The molecule has 4 rings (SSSR count). The van der Waals surface area contributed by atoms with Crippen LogP contribution in [0.2, 0.25) is 5.02 Å². The third-order valence-electron chi connectivity index (χ3n) is 5.58. The third kappa shape index (κ3) is 4.60. The molecule has 0 saturated heterocycles. The van der Waals surface area contributed by atoms with E-state index < -0.39 is 0 Å². The van der Waals surface area contributed by atoms with Gasteiger partial charge in [0.2, 0.25) is 0 Å². The average Bonchev–Trinajstić information content (AvgIpc) is 2.89. The maximum Gasteiger partial charge on any atom is 0.117 e. The van der Waals surface area contributed by atoms with Gasteiger partial charge in [-0.3, -0.25) is 4.90 Å². The highest BCUT2D eigenvalue weighted by atomic mass is 127. The van der Waals surface area contributed by atoms with E-state index in [1.54, 1.807) is 9.08 Å². The van der Waals surface area contributed by atoms with E-state index >= 15 is 0 Å². The van der Waals surface area contributed by atoms with Crippen LogP contribution in [-0.4, -0.2) is 28.0 Å². The Morgan fingerprint density at radius 2 is 2.04 bits per heavy atom. The lowest BCUT2D eigenvalue weighted by molar-refractivity contribution is 0.294. The van der Waals surface area contributed by atoms with Crippen molar-refractivity contribution < 1.29 is 3.07 Å². The highest BCUT2D eigenvalue weighted by Gasteiger charge is 2.22. The summed E-state index contributed by atoms with van der Waals surface area (Å²) in [4.78, 5) is 2.57. The van der Waals surface area contributed by atoms with Crippen molar-refractivity contribution in [3.8, 4) is 0 Å². The van der Waals surface area contributed by atoms with Crippen LogP contribution in [0.3, 0.4) is 0 Å². The first kappa shape index (κ1) is 18.7. The minimum Gasteiger partial charge on any atom is -0.440 e. The van der Waals surface area contributed by atoms with Crippen LogP contribution in [0.15, 0.2) is 41.7 Å². The summed E-state index contributed by atoms with van der Waals surface area (Å²) in [6.45, 7) is 3.38. The fourth-order valence-electron chi connectivity index (χ4n) is 4.08. The van der Waals surface area contributed by atoms with Crippen molar-refractivity contribution in [2.75, 3.05) is 19.6 Å². The molecule has 3 aliphatic rings. The second-order valence-corrected chi connectivity index (χ2v) is 10.0. The van der Waals surface area contributed by atoms with Gasteiger partial charge >= 0.3 is 0 Å². The molecule has 2 aliphatic heterocycles. The predicted molar refractivity (Wildman–Crippen MR) is 120 cm³/mol. The summed E-state index contributed by atoms with van der Waals surface area (Å²) >= 11 is 5.99. The van der Waals surface area contributed by atoms with E-state index in [0.29, 0.717) is 0 Å². The Morgan fingerprint density at radius 1 is 1.12 bits per heavy atom. The summed E-state index contributed by atoms with van der Waals surface area (Å²) < 4.78 is 7.85. The van der Waals surface area contributed by atoms with E-state index in [9.17, 15) is 0 Å². The van der Waals surface area contributed by atoms with Gasteiger partial charge in [0.1, 0.15) is 26.9 Å². The zero-order valence-corrected chi connectivity index (χ0v) is 18.2. The fraction of sp³-hybridized carbons (Fsp3) is 0.500. The third-order valence-corrected chi connectivity index (χ3v) is 8.29. The van der Waals surface area contributed by atoms with Gasteiger partial charge in [0.05, 0.1) is 0 Å². The lowest BCUT2D eigenvalue weighted by Gasteiger charge is -2.26. The van der Waals surface area contributed by atoms with Crippen LogP contribution in [-0.2, 0) is 3.07 Å². The maximum atomic E-state index is 6.14. The summed E-state index contributed by atoms with van der Waals surface area (Å²) in [6.07, 6.45) is 12.6. The molecule has 0 unspecified atom stereocenters. The molecule has 0 atom stereocenters. The van der Waals surface area contributed by atoms with Gasteiger partial charge in [-0.1, -0.05) is 36.2 Å². The van der Waals surface area contributed by atoms with Crippen molar-refractivity contribution in [2.24, 2.45) is 0 Å². The van der Waals surface area contributed by atoms with Crippen LogP contribution in [0.25, 0.3) is 5.57 Å². The molecule has 140 valence electrons. The molecule has 2 heterocycles. The lowest BCUT2D eigenvalue weighted by atomic mass is 9.99. The van der Waals surface area contributed by atoms with Gasteiger partial charge in [-0.05, 0) is 68.3 Å². The number of hydrogen-bond donors (Lipinski definition) is 0. The van der Waals surface area contributed by atoms with Crippen molar-refractivity contribution in [1.82, 2.24) is 4.90 Å². The van der Waals surface area contributed by atoms with Gasteiger partial charge in [0.25, 0.3) is 0 Å². The van der Waals surface area contributed by atoms with Crippen molar-refractivity contribution in [3.63, 3.8) is 0 Å². The quantitative estimate of drug-likeness (QED) is 0.442. The molecule has 4 heteroatoms. The number of allylic oxidation sites excluding steroid dienone is 2. The first-order valence-electron chi connectivity index (χ1n) is 9.87. The Kier molecular flexibility index (Phi) is 6.49. The number of fused-ring (bicyclic) bond motifs is 1. The van der Waals surface area contributed by atoms with Gasteiger partial charge in [0.15, 0.2) is 0 Å². The van der Waals surface area contributed by atoms with Crippen molar-refractivity contribution in [1.29, 1.82) is 0 Å². The van der Waals surface area contributed by atoms with Crippen LogP contribution in [0, 0.1) is 0 Å². The molecular weight excluding hydrogens is 457 g/mol. The smallest absolute Gasteiger partial charge is 0.117 e. The zero-order chi connectivity index (χ0) is 17.8. The summed E-state index contributed by atoms with van der Waals surface area (Å²) in [5.74, 6) is 1.36. The highest BCUT2D eigenvalue weighted by Crippen LogP contribution is 2.37. The SMILES string of the molecule is Clc1cccc(C2=CCN(CCCC3=C4CCCCCC4=IO3)CC2)c1. The number of hydrogen-bond acceptors (Lipinski definition) is 2. The molecule has 1 fully saturated rings. The molecule has 1 aromatic rings. The Morgan fingerprint density at radius 3 is 2.88 bits per heavy atom. The molecule has 0 spiro atoms. The molecule has 1 aromatic carbocycles. The zero-order valence-electron chi connectivity index (χ0n) is 15.3. The number of benzene rings is 1. The average molecular weight is 484 g/mol. The molecule has 2 nitrogen and oxygen atoms in total. The van der Waals surface area contributed by atoms with E-state index in [-0.39, 0.29) is 21.1 Å². The van der Waals surface area contributed by atoms with Gasteiger partial charge in [-0.2, -0.15) is 0 Å². The molecule has 0 amide bonds. The van der Waals surface area contributed by atoms with Gasteiger partial charge < -0.3 is 3.07 Å². The van der Waals surface area contributed by atoms with Gasteiger partial charge in [-0.25, -0.2) is 0 Å². The first-order valence-corrected chi connectivity index (χ1v) is 12.2. The minimum atomic E-state index is -0.137. The Hall–Kier alpha value is -0.650. The second-order valence-electron chi connectivity index (χ2n) is 7.42. The highest BCUT2D eigenvalue weighted by molar-refractivity contribution is 14.2. The molecule has 1 saturated carbocycles. The van der Waals surface area contributed by atoms with Crippen LogP contribution in [0.4, 0.5) is 0 Å². The van der Waals surface area contributed by atoms with Crippen molar-refractivity contribution in [3.05, 3.63) is 52.3 Å². The number of rotatable bonds is 5. The van der Waals surface area contributed by atoms with Crippen LogP contribution >= 0.6 is 32.7 Å². The predicted octanol–water partition coefficient (Wildman–Crippen LogP) is 6.52. The fourth-order valence-corrected chi connectivity index (χ4v) is 6.72. The molecular formula is C22H27ClINO.